The summed E-state index contributed by atoms with van der Waals surface area (Å²) in [6.45, 7) is -0.525. The minimum Gasteiger partial charge on any atom is -0.382 e. The van der Waals surface area contributed by atoms with Crippen molar-refractivity contribution in [2.45, 2.75) is 12.0 Å². The van der Waals surface area contributed by atoms with E-state index in [2.05, 4.69) is 21.2 Å². The van der Waals surface area contributed by atoms with E-state index in [9.17, 15) is 13.9 Å². The van der Waals surface area contributed by atoms with Crippen molar-refractivity contribution in [1.82, 2.24) is 0 Å². The van der Waals surface area contributed by atoms with Gasteiger partial charge in [0.1, 0.15) is 6.10 Å². The Balaban J connectivity index is 2.48. The molecule has 0 saturated heterocycles. The summed E-state index contributed by atoms with van der Waals surface area (Å²) in [4.78, 5) is 0. The first-order chi connectivity index (χ1) is 6.50. The molecule has 0 amide bonds. The summed E-state index contributed by atoms with van der Waals surface area (Å²) in [7, 11) is 0. The highest BCUT2D eigenvalue weighted by Gasteiger charge is 2.43. The van der Waals surface area contributed by atoms with Crippen molar-refractivity contribution in [2.75, 3.05) is 11.9 Å². The Morgan fingerprint density at radius 1 is 1.50 bits per heavy atom. The largest absolute Gasteiger partial charge is 0.382 e. The number of hydrogen-bond acceptors (Lipinski definition) is 2. The number of aliphatic hydroxyl groups excluding tert-OH is 1. The summed E-state index contributed by atoms with van der Waals surface area (Å²) in [5.74, 6) is -3.10. The number of alkyl halides is 2. The molecule has 2 nitrogen and oxygen atoms in total. The van der Waals surface area contributed by atoms with Gasteiger partial charge in [-0.1, -0.05) is 15.9 Å². The summed E-state index contributed by atoms with van der Waals surface area (Å²) >= 11 is 3.17. The number of halogens is 3. The van der Waals surface area contributed by atoms with Crippen LogP contribution in [0.5, 0.6) is 0 Å². The highest BCUT2D eigenvalue weighted by atomic mass is 79.9. The predicted molar refractivity (Wildman–Crippen MR) is 52.5 cm³/mol. The number of rotatable bonds is 0. The number of benzene rings is 1. The Morgan fingerprint density at radius 3 is 2.93 bits per heavy atom. The maximum atomic E-state index is 13.1. The molecule has 2 N–H and O–H groups in total. The molecule has 76 valence electrons. The van der Waals surface area contributed by atoms with Gasteiger partial charge in [-0.25, -0.2) is 8.78 Å². The Kier molecular flexibility index (Phi) is 2.23. The summed E-state index contributed by atoms with van der Waals surface area (Å²) in [6, 6.07) is 4.90. The monoisotopic (exact) mass is 263 g/mol. The zero-order valence-electron chi connectivity index (χ0n) is 7.10. The van der Waals surface area contributed by atoms with E-state index >= 15 is 0 Å². The fourth-order valence-corrected chi connectivity index (χ4v) is 1.84. The standard InChI is InChI=1S/C9H8BrF2NO/c10-5-1-2-7-6(3-5)8(14)9(11,12)4-13-7/h1-3,8,13-14H,4H2. The molecule has 0 spiro atoms. The van der Waals surface area contributed by atoms with Crippen LogP contribution in [0.1, 0.15) is 11.7 Å². The number of anilines is 1. The average Bonchev–Trinajstić information content (AvgIpc) is 2.13. The Bertz CT molecular complexity index is 370. The van der Waals surface area contributed by atoms with Crippen LogP contribution in [0.15, 0.2) is 22.7 Å². The number of nitrogens with one attached hydrogen (secondary N) is 1. The lowest BCUT2D eigenvalue weighted by Crippen LogP contribution is -2.38. The normalized spacial score (nSPS) is 23.9. The Labute approximate surface area is 88.1 Å². The molecule has 0 radical (unpaired) electrons. The van der Waals surface area contributed by atoms with Gasteiger partial charge < -0.3 is 10.4 Å². The molecular formula is C9H8BrF2NO. The second-order valence-electron chi connectivity index (χ2n) is 3.25. The molecule has 0 bridgehead atoms. The average molecular weight is 264 g/mol. The van der Waals surface area contributed by atoms with Crippen LogP contribution < -0.4 is 5.32 Å². The van der Waals surface area contributed by atoms with E-state index < -0.39 is 18.6 Å². The van der Waals surface area contributed by atoms with Gasteiger partial charge in [0.05, 0.1) is 6.54 Å². The third-order valence-corrected chi connectivity index (χ3v) is 2.72. The molecule has 5 heteroatoms. The molecule has 1 aromatic carbocycles. The molecule has 1 unspecified atom stereocenters. The van der Waals surface area contributed by atoms with Crippen LogP contribution in [-0.2, 0) is 0 Å². The molecule has 0 aliphatic carbocycles. The minimum atomic E-state index is -3.10. The second kappa shape index (κ2) is 3.17. The van der Waals surface area contributed by atoms with Crippen LogP contribution >= 0.6 is 15.9 Å². The van der Waals surface area contributed by atoms with Gasteiger partial charge in [0, 0.05) is 15.7 Å². The van der Waals surface area contributed by atoms with E-state index in [0.717, 1.165) is 0 Å². The number of fused-ring (bicyclic) bond motifs is 1. The van der Waals surface area contributed by atoms with Gasteiger partial charge in [-0.2, -0.15) is 0 Å². The highest BCUT2D eigenvalue weighted by molar-refractivity contribution is 9.10. The van der Waals surface area contributed by atoms with Crippen LogP contribution in [0, 0.1) is 0 Å². The van der Waals surface area contributed by atoms with Crippen LogP contribution in [0.25, 0.3) is 0 Å². The summed E-state index contributed by atoms with van der Waals surface area (Å²) in [5, 5.41) is 12.0. The lowest BCUT2D eigenvalue weighted by molar-refractivity contribution is -0.103. The zero-order chi connectivity index (χ0) is 10.3. The first-order valence-electron chi connectivity index (χ1n) is 4.10. The SMILES string of the molecule is OC1c2cc(Br)ccc2NCC1(F)F. The van der Waals surface area contributed by atoms with E-state index in [1.54, 1.807) is 12.1 Å². The van der Waals surface area contributed by atoms with Crippen molar-refractivity contribution in [3.63, 3.8) is 0 Å². The van der Waals surface area contributed by atoms with Crippen LogP contribution in [0.2, 0.25) is 0 Å². The van der Waals surface area contributed by atoms with Gasteiger partial charge >= 0.3 is 0 Å². The predicted octanol–water partition coefficient (Wildman–Crippen LogP) is 2.54. The molecule has 14 heavy (non-hydrogen) atoms. The topological polar surface area (TPSA) is 32.3 Å². The van der Waals surface area contributed by atoms with Crippen LogP contribution in [-0.4, -0.2) is 17.6 Å². The number of hydrogen-bond donors (Lipinski definition) is 2. The second-order valence-corrected chi connectivity index (χ2v) is 4.16. The van der Waals surface area contributed by atoms with Crippen LogP contribution in [0.3, 0.4) is 0 Å². The number of aliphatic hydroxyl groups is 1. The molecule has 0 fully saturated rings. The molecule has 1 aromatic rings. The van der Waals surface area contributed by atoms with E-state index in [4.69, 9.17) is 0 Å². The van der Waals surface area contributed by atoms with Crippen molar-refractivity contribution < 1.29 is 13.9 Å². The zero-order valence-corrected chi connectivity index (χ0v) is 8.68. The van der Waals surface area contributed by atoms with Gasteiger partial charge in [-0.3, -0.25) is 0 Å². The minimum absolute atomic E-state index is 0.232. The van der Waals surface area contributed by atoms with Crippen molar-refractivity contribution in [3.8, 4) is 0 Å². The molecule has 1 aliphatic heterocycles. The van der Waals surface area contributed by atoms with Crippen LogP contribution in [0.4, 0.5) is 14.5 Å². The highest BCUT2D eigenvalue weighted by Crippen LogP contribution is 2.40. The van der Waals surface area contributed by atoms with Gasteiger partial charge in [0.2, 0.25) is 0 Å². The van der Waals surface area contributed by atoms with Gasteiger partial charge in [0.15, 0.2) is 0 Å². The lowest BCUT2D eigenvalue weighted by atomic mass is 9.98. The smallest absolute Gasteiger partial charge is 0.294 e. The Morgan fingerprint density at radius 2 is 2.21 bits per heavy atom. The molecule has 1 atom stereocenters. The van der Waals surface area contributed by atoms with Gasteiger partial charge in [0.25, 0.3) is 5.92 Å². The van der Waals surface area contributed by atoms with E-state index in [1.807, 2.05) is 0 Å². The van der Waals surface area contributed by atoms with Gasteiger partial charge in [-0.15, -0.1) is 0 Å². The molecule has 1 heterocycles. The first-order valence-corrected chi connectivity index (χ1v) is 4.89. The summed E-state index contributed by atoms with van der Waals surface area (Å²) in [5.41, 5.74) is 0.794. The maximum Gasteiger partial charge on any atom is 0.294 e. The van der Waals surface area contributed by atoms with Crippen molar-refractivity contribution >= 4 is 21.6 Å². The molecular weight excluding hydrogens is 256 g/mol. The molecule has 2 rings (SSSR count). The maximum absolute atomic E-state index is 13.1. The van der Waals surface area contributed by atoms with E-state index in [-0.39, 0.29) is 5.56 Å². The lowest BCUT2D eigenvalue weighted by Gasteiger charge is -2.30. The van der Waals surface area contributed by atoms with Crippen molar-refractivity contribution in [3.05, 3.63) is 28.2 Å². The van der Waals surface area contributed by atoms with E-state index in [0.29, 0.717) is 10.2 Å². The fourth-order valence-electron chi connectivity index (χ4n) is 1.46. The summed E-state index contributed by atoms with van der Waals surface area (Å²) in [6.07, 6.45) is -1.73. The fraction of sp³-hybridized carbons (Fsp3) is 0.333. The third-order valence-electron chi connectivity index (χ3n) is 2.22. The van der Waals surface area contributed by atoms with Crippen molar-refractivity contribution in [1.29, 1.82) is 0 Å². The Hall–Kier alpha value is -0.680. The quantitative estimate of drug-likeness (QED) is 0.754. The molecule has 0 saturated carbocycles. The van der Waals surface area contributed by atoms with Gasteiger partial charge in [-0.05, 0) is 18.2 Å². The first kappa shape index (κ1) is 9.86. The summed E-state index contributed by atoms with van der Waals surface area (Å²) < 4.78 is 26.8. The molecule has 1 aliphatic rings. The van der Waals surface area contributed by atoms with E-state index in [1.165, 1.54) is 6.07 Å². The molecule has 0 aromatic heterocycles. The van der Waals surface area contributed by atoms with Crippen molar-refractivity contribution in [2.24, 2.45) is 0 Å². The third kappa shape index (κ3) is 1.50.